The van der Waals surface area contributed by atoms with Crippen molar-refractivity contribution in [2.45, 2.75) is 32.7 Å². The zero-order valence-electron chi connectivity index (χ0n) is 14.2. The van der Waals surface area contributed by atoms with Crippen LogP contribution < -0.4 is 4.74 Å². The molecule has 2 rings (SSSR count). The Hall–Kier alpha value is -2.06. The number of hydrogen-bond donors (Lipinski definition) is 0. The van der Waals surface area contributed by atoms with Crippen LogP contribution in [0.25, 0.3) is 0 Å². The molecule has 1 aliphatic rings. The summed E-state index contributed by atoms with van der Waals surface area (Å²) in [7, 11) is 1.55. The number of fused-ring (bicyclic) bond motifs is 1. The SMILES string of the molecule is CCN(CC)CCCCN1C(=O)c2c(OC)cccc2C1C#N. The third-order valence-corrected chi connectivity index (χ3v) is 4.50. The summed E-state index contributed by atoms with van der Waals surface area (Å²) in [6.45, 7) is 8.04. The van der Waals surface area contributed by atoms with Gasteiger partial charge in [-0.2, -0.15) is 5.26 Å². The quantitative estimate of drug-likeness (QED) is 0.692. The lowest BCUT2D eigenvalue weighted by Gasteiger charge is -2.21. The summed E-state index contributed by atoms with van der Waals surface area (Å²) in [6.07, 6.45) is 1.92. The standard InChI is InChI=1S/C18H25N3O2/c1-4-20(5-2)11-6-7-12-21-15(13-19)14-9-8-10-16(23-3)17(14)18(21)22/h8-10,15H,4-7,11-12H2,1-3H3. The number of carbonyl (C=O) groups is 1. The molecule has 0 fully saturated rings. The molecule has 1 aromatic rings. The third kappa shape index (κ3) is 3.48. The minimum absolute atomic E-state index is 0.0909. The molecule has 1 heterocycles. The molecule has 0 spiro atoms. The molecule has 0 saturated carbocycles. The van der Waals surface area contributed by atoms with Gasteiger partial charge in [-0.25, -0.2) is 0 Å². The Balaban J connectivity index is 2.04. The predicted molar refractivity (Wildman–Crippen MR) is 89.4 cm³/mol. The average molecular weight is 315 g/mol. The molecule has 1 atom stereocenters. The topological polar surface area (TPSA) is 56.6 Å². The van der Waals surface area contributed by atoms with E-state index in [9.17, 15) is 10.1 Å². The first kappa shape index (κ1) is 17.3. The number of methoxy groups -OCH3 is 1. The molecule has 0 aromatic heterocycles. The van der Waals surface area contributed by atoms with Crippen LogP contribution in [0.2, 0.25) is 0 Å². The highest BCUT2D eigenvalue weighted by atomic mass is 16.5. The second-order valence-corrected chi connectivity index (χ2v) is 5.69. The van der Waals surface area contributed by atoms with Crippen molar-refractivity contribution in [3.63, 3.8) is 0 Å². The summed E-state index contributed by atoms with van der Waals surface area (Å²) >= 11 is 0. The Morgan fingerprint density at radius 2 is 2.04 bits per heavy atom. The predicted octanol–water partition coefficient (Wildman–Crippen LogP) is 2.84. The van der Waals surface area contributed by atoms with Crippen LogP contribution in [0, 0.1) is 11.3 Å². The van der Waals surface area contributed by atoms with Gasteiger partial charge in [-0.1, -0.05) is 26.0 Å². The first-order chi connectivity index (χ1) is 11.2. The Labute approximate surface area is 138 Å². The number of unbranched alkanes of at least 4 members (excludes halogenated alkanes) is 1. The zero-order chi connectivity index (χ0) is 16.8. The molecule has 124 valence electrons. The highest BCUT2D eigenvalue weighted by Crippen LogP contribution is 2.38. The third-order valence-electron chi connectivity index (χ3n) is 4.50. The van der Waals surface area contributed by atoms with Gasteiger partial charge in [-0.05, 0) is 38.5 Å². The van der Waals surface area contributed by atoms with Crippen molar-refractivity contribution in [3.8, 4) is 11.8 Å². The van der Waals surface area contributed by atoms with Crippen molar-refractivity contribution >= 4 is 5.91 Å². The Morgan fingerprint density at radius 3 is 2.65 bits per heavy atom. The van der Waals surface area contributed by atoms with E-state index in [4.69, 9.17) is 4.74 Å². The number of carbonyl (C=O) groups excluding carboxylic acids is 1. The largest absolute Gasteiger partial charge is 0.496 e. The molecular weight excluding hydrogens is 290 g/mol. The second kappa shape index (κ2) is 7.98. The summed E-state index contributed by atoms with van der Waals surface area (Å²) in [5.74, 6) is 0.463. The summed E-state index contributed by atoms with van der Waals surface area (Å²) < 4.78 is 5.29. The zero-order valence-corrected chi connectivity index (χ0v) is 14.2. The van der Waals surface area contributed by atoms with Crippen LogP contribution in [0.15, 0.2) is 18.2 Å². The van der Waals surface area contributed by atoms with Gasteiger partial charge < -0.3 is 14.5 Å². The van der Waals surface area contributed by atoms with Gasteiger partial charge in [-0.3, -0.25) is 4.79 Å². The van der Waals surface area contributed by atoms with E-state index in [1.165, 1.54) is 0 Å². The Morgan fingerprint density at radius 1 is 1.30 bits per heavy atom. The first-order valence-electron chi connectivity index (χ1n) is 8.27. The van der Waals surface area contributed by atoms with Gasteiger partial charge in [0.15, 0.2) is 0 Å². The number of benzene rings is 1. The highest BCUT2D eigenvalue weighted by Gasteiger charge is 2.38. The van der Waals surface area contributed by atoms with Crippen LogP contribution in [0.3, 0.4) is 0 Å². The first-order valence-corrected chi connectivity index (χ1v) is 8.27. The van der Waals surface area contributed by atoms with Crippen LogP contribution in [-0.2, 0) is 0 Å². The number of nitrogens with zero attached hydrogens (tertiary/aromatic N) is 3. The maximum absolute atomic E-state index is 12.7. The monoisotopic (exact) mass is 315 g/mol. The second-order valence-electron chi connectivity index (χ2n) is 5.69. The molecule has 0 radical (unpaired) electrons. The normalized spacial score (nSPS) is 16.6. The Bertz CT molecular complexity index is 590. The van der Waals surface area contributed by atoms with E-state index in [1.807, 2.05) is 12.1 Å². The fourth-order valence-electron chi connectivity index (χ4n) is 3.13. The number of nitriles is 1. The van der Waals surface area contributed by atoms with Gasteiger partial charge in [0.05, 0.1) is 18.7 Å². The summed E-state index contributed by atoms with van der Waals surface area (Å²) in [4.78, 5) is 16.7. The number of amides is 1. The average Bonchev–Trinajstić information content (AvgIpc) is 2.86. The Kier molecular flexibility index (Phi) is 6.00. The lowest BCUT2D eigenvalue weighted by Crippen LogP contribution is -2.30. The molecule has 1 unspecified atom stereocenters. The lowest BCUT2D eigenvalue weighted by molar-refractivity contribution is 0.0751. The molecule has 5 heteroatoms. The van der Waals surface area contributed by atoms with E-state index in [0.29, 0.717) is 17.9 Å². The van der Waals surface area contributed by atoms with Gasteiger partial charge in [0.25, 0.3) is 5.91 Å². The minimum atomic E-state index is -0.499. The van der Waals surface area contributed by atoms with Crippen molar-refractivity contribution in [3.05, 3.63) is 29.3 Å². The van der Waals surface area contributed by atoms with E-state index < -0.39 is 6.04 Å². The van der Waals surface area contributed by atoms with E-state index in [-0.39, 0.29) is 5.91 Å². The number of rotatable bonds is 8. The van der Waals surface area contributed by atoms with Crippen LogP contribution in [-0.4, -0.2) is 49.0 Å². The fourth-order valence-corrected chi connectivity index (χ4v) is 3.13. The molecular formula is C18H25N3O2. The maximum atomic E-state index is 12.7. The minimum Gasteiger partial charge on any atom is -0.496 e. The van der Waals surface area contributed by atoms with E-state index in [0.717, 1.165) is 38.0 Å². The fraction of sp³-hybridized carbons (Fsp3) is 0.556. The van der Waals surface area contributed by atoms with Crippen LogP contribution in [0.5, 0.6) is 5.75 Å². The van der Waals surface area contributed by atoms with Crippen LogP contribution in [0.1, 0.15) is 48.7 Å². The molecule has 0 saturated heterocycles. The summed E-state index contributed by atoms with van der Waals surface area (Å²) in [5.41, 5.74) is 1.31. The molecule has 0 bridgehead atoms. The van der Waals surface area contributed by atoms with Crippen molar-refractivity contribution in [1.82, 2.24) is 9.80 Å². The smallest absolute Gasteiger partial charge is 0.259 e. The van der Waals surface area contributed by atoms with Gasteiger partial charge in [0, 0.05) is 12.1 Å². The van der Waals surface area contributed by atoms with Gasteiger partial charge in [-0.15, -0.1) is 0 Å². The van der Waals surface area contributed by atoms with Crippen molar-refractivity contribution in [2.24, 2.45) is 0 Å². The molecule has 0 N–H and O–H groups in total. The highest BCUT2D eigenvalue weighted by molar-refractivity contribution is 6.02. The molecule has 1 aromatic carbocycles. The number of ether oxygens (including phenoxy) is 1. The van der Waals surface area contributed by atoms with Crippen LogP contribution >= 0.6 is 0 Å². The van der Waals surface area contributed by atoms with Crippen molar-refractivity contribution in [1.29, 1.82) is 5.26 Å². The molecule has 0 aliphatic carbocycles. The van der Waals surface area contributed by atoms with Crippen LogP contribution in [0.4, 0.5) is 0 Å². The summed E-state index contributed by atoms with van der Waals surface area (Å²) in [6, 6.07) is 7.22. The van der Waals surface area contributed by atoms with Gasteiger partial charge in [0.2, 0.25) is 0 Å². The molecule has 23 heavy (non-hydrogen) atoms. The van der Waals surface area contributed by atoms with E-state index in [2.05, 4.69) is 24.8 Å². The van der Waals surface area contributed by atoms with Gasteiger partial charge >= 0.3 is 0 Å². The van der Waals surface area contributed by atoms with Crippen molar-refractivity contribution in [2.75, 3.05) is 33.3 Å². The molecule has 5 nitrogen and oxygen atoms in total. The maximum Gasteiger partial charge on any atom is 0.259 e. The summed E-state index contributed by atoms with van der Waals surface area (Å²) in [5, 5.41) is 9.49. The molecule has 1 amide bonds. The number of hydrogen-bond acceptors (Lipinski definition) is 4. The van der Waals surface area contributed by atoms with Crippen molar-refractivity contribution < 1.29 is 9.53 Å². The molecule has 1 aliphatic heterocycles. The lowest BCUT2D eigenvalue weighted by atomic mass is 10.0. The van der Waals surface area contributed by atoms with E-state index in [1.54, 1.807) is 18.1 Å². The van der Waals surface area contributed by atoms with Gasteiger partial charge in [0.1, 0.15) is 11.8 Å². The van der Waals surface area contributed by atoms with E-state index >= 15 is 0 Å².